The number of hydrogen-bond donors (Lipinski definition) is 2. The van der Waals surface area contributed by atoms with Crippen LogP contribution in [0.15, 0.2) is 24.5 Å². The molecule has 1 aliphatic carbocycles. The van der Waals surface area contributed by atoms with E-state index in [0.29, 0.717) is 19.5 Å². The first kappa shape index (κ1) is 22.5. The maximum atomic E-state index is 13.0. The van der Waals surface area contributed by atoms with E-state index in [4.69, 9.17) is 0 Å². The summed E-state index contributed by atoms with van der Waals surface area (Å²) in [6, 6.07) is 3.90. The van der Waals surface area contributed by atoms with Crippen molar-refractivity contribution in [1.29, 1.82) is 0 Å². The van der Waals surface area contributed by atoms with Crippen LogP contribution in [-0.2, 0) is 9.59 Å². The molecule has 1 aliphatic heterocycles. The van der Waals surface area contributed by atoms with Gasteiger partial charge < -0.3 is 20.0 Å². The third-order valence-corrected chi connectivity index (χ3v) is 7.06. The predicted octanol–water partition coefficient (Wildman–Crippen LogP) is 2.76. The second kappa shape index (κ2) is 8.65. The Bertz CT molecular complexity index is 1020. The second-order valence-corrected chi connectivity index (χ2v) is 9.78. The molecule has 3 heterocycles. The van der Waals surface area contributed by atoms with Gasteiger partial charge in [-0.2, -0.15) is 0 Å². The molecule has 2 aromatic heterocycles. The third kappa shape index (κ3) is 4.70. The number of aryl methyl sites for hydroxylation is 1. The summed E-state index contributed by atoms with van der Waals surface area (Å²) in [6.07, 6.45) is 7.83. The van der Waals surface area contributed by atoms with Crippen LogP contribution in [0.2, 0.25) is 0 Å². The first-order valence-electron chi connectivity index (χ1n) is 11.3. The molecular weight excluding hydrogens is 408 g/mol. The lowest BCUT2D eigenvalue weighted by Gasteiger charge is -2.33. The minimum absolute atomic E-state index is 0.0349. The monoisotopic (exact) mass is 440 g/mol. The Morgan fingerprint density at radius 3 is 2.69 bits per heavy atom. The zero-order chi connectivity index (χ0) is 22.9. The molecule has 0 radical (unpaired) electrons. The Morgan fingerprint density at radius 2 is 1.97 bits per heavy atom. The molecule has 2 fully saturated rings. The zero-order valence-electron chi connectivity index (χ0n) is 18.9. The number of aliphatic hydroxyl groups is 1. The first-order chi connectivity index (χ1) is 15.2. The molecule has 2 N–H and O–H groups in total. The second-order valence-electron chi connectivity index (χ2n) is 9.78. The molecule has 2 aliphatic rings. The number of aliphatic carboxylic acids is 1. The summed E-state index contributed by atoms with van der Waals surface area (Å²) in [4.78, 5) is 36.9. The number of likely N-dealkylation sites (N-methyl/N-ethyl adjacent to an activating group) is 1. The fourth-order valence-electron chi connectivity index (χ4n) is 5.48. The number of carbonyl (C=O) groups is 2. The summed E-state index contributed by atoms with van der Waals surface area (Å²) >= 11 is 0. The number of carboxylic acid groups (broad SMARTS) is 1. The number of pyridine rings is 2. The number of carboxylic acids is 1. The number of aromatic nitrogens is 2. The Morgan fingerprint density at radius 1 is 1.22 bits per heavy atom. The Kier molecular flexibility index (Phi) is 6.07. The van der Waals surface area contributed by atoms with Crippen molar-refractivity contribution in [2.75, 3.05) is 31.6 Å². The van der Waals surface area contributed by atoms with E-state index in [1.807, 2.05) is 19.1 Å². The van der Waals surface area contributed by atoms with Gasteiger partial charge in [-0.05, 0) is 43.7 Å². The van der Waals surface area contributed by atoms with Crippen LogP contribution in [0.3, 0.4) is 0 Å². The minimum Gasteiger partial charge on any atom is -0.481 e. The number of fused-ring (bicyclic) bond motifs is 1. The molecule has 1 unspecified atom stereocenters. The normalized spacial score (nSPS) is 22.4. The average molecular weight is 441 g/mol. The lowest BCUT2D eigenvalue weighted by atomic mass is 9.79. The van der Waals surface area contributed by atoms with E-state index in [1.165, 1.54) is 0 Å². The molecule has 0 aromatic carbocycles. The molecule has 172 valence electrons. The lowest BCUT2D eigenvalue weighted by molar-refractivity contribution is -0.142. The molecule has 32 heavy (non-hydrogen) atoms. The molecule has 2 aromatic rings. The van der Waals surface area contributed by atoms with Crippen LogP contribution in [-0.4, -0.2) is 69.2 Å². The summed E-state index contributed by atoms with van der Waals surface area (Å²) in [5.41, 5.74) is 1.31. The summed E-state index contributed by atoms with van der Waals surface area (Å²) in [5, 5.41) is 21.6. The number of anilines is 1. The number of nitrogens with zero attached hydrogens (tertiary/aromatic N) is 4. The number of hydrogen-bond acceptors (Lipinski definition) is 6. The molecular formula is C24H32N4O4. The smallest absolute Gasteiger partial charge is 0.303 e. The standard InChI is InChI=1S/C24H32N4O4/c1-17-11-20(18-14-25-9-5-19(18)26-17)28-10-8-24(32,16-28)15-27(2)21(29)12-23(13-22(30)31)6-3-4-7-23/h5,9,11,14,32H,3-4,6-8,10,12-13,15-16H2,1-2H3,(H,30,31). The van der Waals surface area contributed by atoms with Crippen molar-refractivity contribution in [3.8, 4) is 0 Å². The number of β-amino-alcohol motifs (C(OH)–C–C–N with tert-alkyl or cyclic N) is 1. The van der Waals surface area contributed by atoms with Crippen LogP contribution < -0.4 is 4.90 Å². The van der Waals surface area contributed by atoms with Gasteiger partial charge in [-0.1, -0.05) is 12.8 Å². The summed E-state index contributed by atoms with van der Waals surface area (Å²) in [5.74, 6) is -0.934. The van der Waals surface area contributed by atoms with Crippen molar-refractivity contribution in [3.63, 3.8) is 0 Å². The van der Waals surface area contributed by atoms with Gasteiger partial charge in [-0.3, -0.25) is 19.6 Å². The van der Waals surface area contributed by atoms with Crippen LogP contribution in [0.5, 0.6) is 0 Å². The van der Waals surface area contributed by atoms with E-state index in [-0.39, 0.29) is 25.3 Å². The SMILES string of the molecule is Cc1cc(N2CCC(O)(CN(C)C(=O)CC3(CC(=O)O)CCCC3)C2)c2cnccc2n1. The summed E-state index contributed by atoms with van der Waals surface area (Å²) in [6.45, 7) is 3.27. The van der Waals surface area contributed by atoms with Gasteiger partial charge in [0.15, 0.2) is 0 Å². The quantitative estimate of drug-likeness (QED) is 0.682. The third-order valence-electron chi connectivity index (χ3n) is 7.06. The lowest BCUT2D eigenvalue weighted by Crippen LogP contribution is -2.46. The highest BCUT2D eigenvalue weighted by Crippen LogP contribution is 2.44. The van der Waals surface area contributed by atoms with Gasteiger partial charge in [0.05, 0.1) is 18.5 Å². The zero-order valence-corrected chi connectivity index (χ0v) is 18.9. The highest BCUT2D eigenvalue weighted by atomic mass is 16.4. The predicted molar refractivity (Wildman–Crippen MR) is 121 cm³/mol. The fraction of sp³-hybridized carbons (Fsp3) is 0.583. The first-order valence-corrected chi connectivity index (χ1v) is 11.3. The van der Waals surface area contributed by atoms with Gasteiger partial charge in [0.25, 0.3) is 0 Å². The fourth-order valence-corrected chi connectivity index (χ4v) is 5.48. The number of amides is 1. The van der Waals surface area contributed by atoms with E-state index in [2.05, 4.69) is 14.9 Å². The van der Waals surface area contributed by atoms with Gasteiger partial charge in [-0.25, -0.2) is 0 Å². The highest BCUT2D eigenvalue weighted by molar-refractivity contribution is 5.91. The Balaban J connectivity index is 1.44. The number of carbonyl (C=O) groups excluding carboxylic acids is 1. The molecule has 8 heteroatoms. The summed E-state index contributed by atoms with van der Waals surface area (Å²) < 4.78 is 0. The summed E-state index contributed by atoms with van der Waals surface area (Å²) in [7, 11) is 1.71. The maximum absolute atomic E-state index is 13.0. The molecule has 1 saturated carbocycles. The van der Waals surface area contributed by atoms with E-state index >= 15 is 0 Å². The minimum atomic E-state index is -1.02. The van der Waals surface area contributed by atoms with Crippen molar-refractivity contribution in [2.45, 2.75) is 57.5 Å². The van der Waals surface area contributed by atoms with Gasteiger partial charge in [-0.15, -0.1) is 0 Å². The van der Waals surface area contributed by atoms with Crippen molar-refractivity contribution >= 4 is 28.5 Å². The highest BCUT2D eigenvalue weighted by Gasteiger charge is 2.42. The average Bonchev–Trinajstić information content (AvgIpc) is 3.33. The number of rotatable bonds is 7. The largest absolute Gasteiger partial charge is 0.481 e. The van der Waals surface area contributed by atoms with Gasteiger partial charge >= 0.3 is 5.97 Å². The van der Waals surface area contributed by atoms with Gasteiger partial charge in [0.1, 0.15) is 5.60 Å². The molecule has 1 amide bonds. The Hall–Kier alpha value is -2.74. The topological polar surface area (TPSA) is 107 Å². The molecule has 1 atom stereocenters. The maximum Gasteiger partial charge on any atom is 0.303 e. The van der Waals surface area contributed by atoms with Crippen LogP contribution in [0, 0.1) is 12.3 Å². The van der Waals surface area contributed by atoms with E-state index in [1.54, 1.807) is 24.3 Å². The van der Waals surface area contributed by atoms with Crippen molar-refractivity contribution in [2.24, 2.45) is 5.41 Å². The van der Waals surface area contributed by atoms with Gasteiger partial charge in [0.2, 0.25) is 5.91 Å². The van der Waals surface area contributed by atoms with E-state index < -0.39 is 17.0 Å². The van der Waals surface area contributed by atoms with Gasteiger partial charge in [0, 0.05) is 55.7 Å². The van der Waals surface area contributed by atoms with Crippen LogP contribution in [0.1, 0.15) is 50.6 Å². The van der Waals surface area contributed by atoms with Crippen LogP contribution in [0.25, 0.3) is 10.9 Å². The molecule has 8 nitrogen and oxygen atoms in total. The molecule has 0 spiro atoms. The van der Waals surface area contributed by atoms with Crippen molar-refractivity contribution in [3.05, 3.63) is 30.2 Å². The molecule has 0 bridgehead atoms. The molecule has 4 rings (SSSR count). The van der Waals surface area contributed by atoms with Crippen molar-refractivity contribution in [1.82, 2.24) is 14.9 Å². The Labute approximate surface area is 188 Å². The van der Waals surface area contributed by atoms with Crippen molar-refractivity contribution < 1.29 is 19.8 Å². The van der Waals surface area contributed by atoms with Crippen LogP contribution >= 0.6 is 0 Å². The molecule has 1 saturated heterocycles. The van der Waals surface area contributed by atoms with E-state index in [0.717, 1.165) is 48.0 Å². The van der Waals surface area contributed by atoms with E-state index in [9.17, 15) is 19.8 Å². The van der Waals surface area contributed by atoms with Crippen LogP contribution in [0.4, 0.5) is 5.69 Å².